The molecule has 0 bridgehead atoms. The first-order valence-corrected chi connectivity index (χ1v) is 7.51. The zero-order valence-corrected chi connectivity index (χ0v) is 12.1. The minimum absolute atomic E-state index is 0.192. The number of benzene rings is 2. The van der Waals surface area contributed by atoms with Crippen molar-refractivity contribution in [1.29, 1.82) is 0 Å². The van der Waals surface area contributed by atoms with Crippen molar-refractivity contribution in [2.24, 2.45) is 0 Å². The van der Waals surface area contributed by atoms with E-state index in [1.54, 1.807) is 0 Å². The number of aromatic carboxylic acids is 1. The van der Waals surface area contributed by atoms with Gasteiger partial charge in [0.2, 0.25) is 0 Å². The average Bonchev–Trinajstić information content (AvgIpc) is 2.42. The van der Waals surface area contributed by atoms with Crippen LogP contribution in [0.5, 0.6) is 0 Å². The van der Waals surface area contributed by atoms with Crippen molar-refractivity contribution >= 4 is 21.7 Å². The second-order valence-electron chi connectivity index (χ2n) is 4.51. The molecule has 2 aromatic carbocycles. The molecule has 0 saturated heterocycles. The Hall–Kier alpha value is -2.48. The third kappa shape index (κ3) is 3.22. The summed E-state index contributed by atoms with van der Waals surface area (Å²) in [7, 11) is -4.25. The van der Waals surface area contributed by atoms with Crippen LogP contribution in [-0.2, 0) is 10.0 Å². The molecule has 0 unspecified atom stereocenters. The molecule has 0 amide bonds. The van der Waals surface area contributed by atoms with E-state index < -0.39 is 33.3 Å². The third-order valence-corrected chi connectivity index (χ3v) is 4.29. The lowest BCUT2D eigenvalue weighted by atomic mass is 10.1. The van der Waals surface area contributed by atoms with Gasteiger partial charge in [-0.2, -0.15) is 0 Å². The summed E-state index contributed by atoms with van der Waals surface area (Å²) in [6.07, 6.45) is 0. The Morgan fingerprint density at radius 1 is 1.14 bits per heavy atom. The normalized spacial score (nSPS) is 11.2. The molecule has 22 heavy (non-hydrogen) atoms. The molecule has 0 fully saturated rings. The fourth-order valence-corrected chi connectivity index (χ4v) is 2.86. The predicted molar refractivity (Wildman–Crippen MR) is 75.3 cm³/mol. The van der Waals surface area contributed by atoms with Crippen LogP contribution in [0.4, 0.5) is 14.5 Å². The Morgan fingerprint density at radius 2 is 1.82 bits per heavy atom. The summed E-state index contributed by atoms with van der Waals surface area (Å²) < 4.78 is 52.8. The van der Waals surface area contributed by atoms with Crippen LogP contribution in [0.1, 0.15) is 15.9 Å². The summed E-state index contributed by atoms with van der Waals surface area (Å²) in [6.45, 7) is 1.51. The summed E-state index contributed by atoms with van der Waals surface area (Å²) in [5.41, 5.74) is -0.372. The minimum atomic E-state index is -4.25. The fraction of sp³-hybridized carbons (Fsp3) is 0.0714. The Labute approximate surface area is 125 Å². The molecule has 8 heteroatoms. The lowest BCUT2D eigenvalue weighted by Crippen LogP contribution is -2.15. The molecule has 2 aromatic rings. The van der Waals surface area contributed by atoms with Crippen molar-refractivity contribution in [1.82, 2.24) is 0 Å². The highest BCUT2D eigenvalue weighted by Crippen LogP contribution is 2.22. The standard InChI is InChI=1S/C14H11F2NO4S/c1-8-2-4-10(7-11(8)14(18)19)22(20,21)17-13-6-9(15)3-5-12(13)16/h2-7,17H,1H3,(H,18,19). The van der Waals surface area contributed by atoms with Gasteiger partial charge in [-0.15, -0.1) is 0 Å². The van der Waals surface area contributed by atoms with Crippen LogP contribution in [-0.4, -0.2) is 19.5 Å². The highest BCUT2D eigenvalue weighted by atomic mass is 32.2. The maximum Gasteiger partial charge on any atom is 0.335 e. The SMILES string of the molecule is Cc1ccc(S(=O)(=O)Nc2cc(F)ccc2F)cc1C(=O)O. The molecule has 5 nitrogen and oxygen atoms in total. The van der Waals surface area contributed by atoms with Gasteiger partial charge in [0.15, 0.2) is 0 Å². The van der Waals surface area contributed by atoms with Crippen LogP contribution in [0, 0.1) is 18.6 Å². The number of hydrogen-bond donors (Lipinski definition) is 2. The zero-order valence-electron chi connectivity index (χ0n) is 11.3. The van der Waals surface area contributed by atoms with Gasteiger partial charge in [-0.3, -0.25) is 4.72 Å². The van der Waals surface area contributed by atoms with Crippen LogP contribution in [0.2, 0.25) is 0 Å². The Morgan fingerprint density at radius 3 is 2.45 bits per heavy atom. The number of anilines is 1. The van der Waals surface area contributed by atoms with Gasteiger partial charge in [-0.25, -0.2) is 22.0 Å². The molecule has 0 radical (unpaired) electrons. The van der Waals surface area contributed by atoms with Gasteiger partial charge in [0, 0.05) is 6.07 Å². The van der Waals surface area contributed by atoms with Crippen molar-refractivity contribution in [2.45, 2.75) is 11.8 Å². The van der Waals surface area contributed by atoms with Crippen molar-refractivity contribution in [2.75, 3.05) is 4.72 Å². The van der Waals surface area contributed by atoms with E-state index in [9.17, 15) is 22.0 Å². The minimum Gasteiger partial charge on any atom is -0.478 e. The Kier molecular flexibility index (Phi) is 4.14. The quantitative estimate of drug-likeness (QED) is 0.904. The number of hydrogen-bond acceptors (Lipinski definition) is 3. The summed E-state index contributed by atoms with van der Waals surface area (Å²) in [5.74, 6) is -3.05. The first-order valence-electron chi connectivity index (χ1n) is 6.02. The summed E-state index contributed by atoms with van der Waals surface area (Å²) >= 11 is 0. The van der Waals surface area contributed by atoms with Crippen molar-refractivity contribution in [3.8, 4) is 0 Å². The second-order valence-corrected chi connectivity index (χ2v) is 6.19. The number of sulfonamides is 1. The van der Waals surface area contributed by atoms with E-state index in [0.29, 0.717) is 11.6 Å². The van der Waals surface area contributed by atoms with Gasteiger partial charge in [0.1, 0.15) is 11.6 Å². The van der Waals surface area contributed by atoms with Crippen molar-refractivity contribution in [3.63, 3.8) is 0 Å². The number of halogens is 2. The van der Waals surface area contributed by atoms with Gasteiger partial charge in [0.05, 0.1) is 16.1 Å². The van der Waals surface area contributed by atoms with E-state index in [1.165, 1.54) is 19.1 Å². The molecule has 0 aliphatic rings. The van der Waals surface area contributed by atoms with Gasteiger partial charge in [-0.05, 0) is 36.8 Å². The molecule has 0 saturated carbocycles. The van der Waals surface area contributed by atoms with Gasteiger partial charge in [0.25, 0.3) is 10.0 Å². The number of rotatable bonds is 4. The lowest BCUT2D eigenvalue weighted by Gasteiger charge is -2.10. The van der Waals surface area contributed by atoms with E-state index in [-0.39, 0.29) is 10.5 Å². The Bertz CT molecular complexity index is 850. The van der Waals surface area contributed by atoms with Crippen LogP contribution in [0.3, 0.4) is 0 Å². The molecule has 2 rings (SSSR count). The van der Waals surface area contributed by atoms with Crippen LogP contribution in [0.15, 0.2) is 41.3 Å². The maximum atomic E-state index is 13.5. The van der Waals surface area contributed by atoms with E-state index in [2.05, 4.69) is 0 Å². The van der Waals surface area contributed by atoms with Crippen molar-refractivity contribution in [3.05, 3.63) is 59.2 Å². The fourth-order valence-electron chi connectivity index (χ4n) is 1.78. The van der Waals surface area contributed by atoms with Gasteiger partial charge < -0.3 is 5.11 Å². The summed E-state index contributed by atoms with van der Waals surface area (Å²) in [5, 5.41) is 9.00. The molecular weight excluding hydrogens is 316 g/mol. The second kappa shape index (κ2) is 5.72. The number of carbonyl (C=O) groups is 1. The molecular formula is C14H11F2NO4S. The van der Waals surface area contributed by atoms with E-state index >= 15 is 0 Å². The highest BCUT2D eigenvalue weighted by molar-refractivity contribution is 7.92. The van der Waals surface area contributed by atoms with E-state index in [0.717, 1.165) is 18.2 Å². The van der Waals surface area contributed by atoms with Crippen molar-refractivity contribution < 1.29 is 27.1 Å². The Balaban J connectivity index is 2.45. The monoisotopic (exact) mass is 327 g/mol. The predicted octanol–water partition coefficient (Wildman–Crippen LogP) is 2.77. The number of nitrogens with one attached hydrogen (secondary N) is 1. The molecule has 0 aliphatic carbocycles. The molecule has 116 valence electrons. The number of aryl methyl sites for hydroxylation is 1. The summed E-state index contributed by atoms with van der Waals surface area (Å²) in [4.78, 5) is 10.7. The highest BCUT2D eigenvalue weighted by Gasteiger charge is 2.19. The average molecular weight is 327 g/mol. The number of carboxylic acid groups (broad SMARTS) is 1. The molecule has 0 heterocycles. The first-order chi connectivity index (χ1) is 10.2. The number of carboxylic acids is 1. The smallest absolute Gasteiger partial charge is 0.335 e. The molecule has 0 aliphatic heterocycles. The van der Waals surface area contributed by atoms with E-state index in [4.69, 9.17) is 5.11 Å². The third-order valence-electron chi connectivity index (χ3n) is 2.92. The van der Waals surface area contributed by atoms with Gasteiger partial charge in [-0.1, -0.05) is 6.07 Å². The van der Waals surface area contributed by atoms with Crippen LogP contribution < -0.4 is 4.72 Å². The van der Waals surface area contributed by atoms with Crippen LogP contribution in [0.25, 0.3) is 0 Å². The zero-order chi connectivity index (χ0) is 16.5. The largest absolute Gasteiger partial charge is 0.478 e. The van der Waals surface area contributed by atoms with E-state index in [1.807, 2.05) is 4.72 Å². The molecule has 0 aromatic heterocycles. The topological polar surface area (TPSA) is 83.5 Å². The van der Waals surface area contributed by atoms with Crippen LogP contribution >= 0.6 is 0 Å². The molecule has 0 spiro atoms. The summed E-state index contributed by atoms with van der Waals surface area (Å²) in [6, 6.07) is 5.78. The molecule has 2 N–H and O–H groups in total. The maximum absolute atomic E-state index is 13.5. The first kappa shape index (κ1) is 15.9. The lowest BCUT2D eigenvalue weighted by molar-refractivity contribution is 0.0696. The van der Waals surface area contributed by atoms with Gasteiger partial charge >= 0.3 is 5.97 Å². The molecule has 0 atom stereocenters.